The number of halogens is 1. The van der Waals surface area contributed by atoms with Crippen LogP contribution < -0.4 is 4.90 Å². The van der Waals surface area contributed by atoms with E-state index in [2.05, 4.69) is 4.98 Å². The van der Waals surface area contributed by atoms with E-state index < -0.39 is 4.92 Å². The minimum absolute atomic E-state index is 0.0425. The van der Waals surface area contributed by atoms with Crippen molar-refractivity contribution < 1.29 is 9.66 Å². The van der Waals surface area contributed by atoms with Crippen molar-refractivity contribution in [1.29, 1.82) is 0 Å². The fourth-order valence-corrected chi connectivity index (χ4v) is 1.96. The Balaban J connectivity index is 2.28. The Morgan fingerprint density at radius 3 is 3.06 bits per heavy atom. The molecule has 1 unspecified atom stereocenters. The van der Waals surface area contributed by atoms with Crippen LogP contribution in [0.1, 0.15) is 6.92 Å². The summed E-state index contributed by atoms with van der Waals surface area (Å²) in [6.07, 6.45) is 0.0867. The molecule has 0 aromatic carbocycles. The van der Waals surface area contributed by atoms with Crippen LogP contribution in [-0.4, -0.2) is 35.7 Å². The van der Waals surface area contributed by atoms with Gasteiger partial charge < -0.3 is 9.64 Å². The molecule has 1 aliphatic rings. The molecule has 0 amide bonds. The highest BCUT2D eigenvalue weighted by atomic mass is 35.5. The lowest BCUT2D eigenvalue weighted by Gasteiger charge is -2.31. The zero-order chi connectivity index (χ0) is 12.4. The van der Waals surface area contributed by atoms with Crippen molar-refractivity contribution in [2.75, 3.05) is 24.6 Å². The van der Waals surface area contributed by atoms with E-state index in [1.54, 1.807) is 0 Å². The number of aromatic nitrogens is 1. The van der Waals surface area contributed by atoms with Crippen LogP contribution in [0.4, 0.5) is 11.5 Å². The van der Waals surface area contributed by atoms with Gasteiger partial charge in [-0.2, -0.15) is 0 Å². The molecule has 6 nitrogen and oxygen atoms in total. The second-order valence-corrected chi connectivity index (χ2v) is 4.28. The first kappa shape index (κ1) is 12.1. The summed E-state index contributed by atoms with van der Waals surface area (Å²) in [4.78, 5) is 16.3. The van der Waals surface area contributed by atoms with Crippen molar-refractivity contribution >= 4 is 23.1 Å². The SMILES string of the molecule is CC1CN(c2cc([N+](=O)[O-])cc(Cl)n2)CCO1. The number of anilines is 1. The molecule has 1 aliphatic heterocycles. The van der Waals surface area contributed by atoms with Crippen molar-refractivity contribution in [2.24, 2.45) is 0 Å². The number of morpholine rings is 1. The van der Waals surface area contributed by atoms with E-state index in [0.29, 0.717) is 25.5 Å². The van der Waals surface area contributed by atoms with E-state index in [1.807, 2.05) is 11.8 Å². The highest BCUT2D eigenvalue weighted by molar-refractivity contribution is 6.29. The Morgan fingerprint density at radius 1 is 1.65 bits per heavy atom. The maximum absolute atomic E-state index is 10.7. The second-order valence-electron chi connectivity index (χ2n) is 3.89. The molecule has 1 atom stereocenters. The molecule has 0 N–H and O–H groups in total. The van der Waals surface area contributed by atoms with Crippen LogP contribution in [0.15, 0.2) is 12.1 Å². The Morgan fingerprint density at radius 2 is 2.41 bits per heavy atom. The van der Waals surface area contributed by atoms with Gasteiger partial charge in [0, 0.05) is 13.1 Å². The molecule has 7 heteroatoms. The lowest BCUT2D eigenvalue weighted by molar-refractivity contribution is -0.384. The van der Waals surface area contributed by atoms with Crippen LogP contribution in [0.25, 0.3) is 0 Å². The number of rotatable bonds is 2. The van der Waals surface area contributed by atoms with Crippen LogP contribution in [0.5, 0.6) is 0 Å². The molecule has 0 aliphatic carbocycles. The van der Waals surface area contributed by atoms with Crippen LogP contribution in [-0.2, 0) is 4.74 Å². The Labute approximate surface area is 103 Å². The molecule has 2 rings (SSSR count). The number of ether oxygens (including phenoxy) is 1. The summed E-state index contributed by atoms with van der Waals surface area (Å²) < 4.78 is 5.40. The summed E-state index contributed by atoms with van der Waals surface area (Å²) in [6, 6.07) is 2.68. The first-order chi connectivity index (χ1) is 8.06. The van der Waals surface area contributed by atoms with Gasteiger partial charge in [0.1, 0.15) is 11.0 Å². The van der Waals surface area contributed by atoms with Gasteiger partial charge in [0.2, 0.25) is 0 Å². The number of hydrogen-bond acceptors (Lipinski definition) is 5. The lowest BCUT2D eigenvalue weighted by atomic mass is 10.3. The molecule has 2 heterocycles. The van der Waals surface area contributed by atoms with Crippen molar-refractivity contribution in [3.63, 3.8) is 0 Å². The number of pyridine rings is 1. The molecule has 17 heavy (non-hydrogen) atoms. The highest BCUT2D eigenvalue weighted by Gasteiger charge is 2.20. The largest absolute Gasteiger partial charge is 0.375 e. The number of nitrogens with zero attached hydrogens (tertiary/aromatic N) is 3. The third kappa shape index (κ3) is 2.83. The zero-order valence-electron chi connectivity index (χ0n) is 9.30. The normalized spacial score (nSPS) is 20.4. The first-order valence-corrected chi connectivity index (χ1v) is 5.62. The van der Waals surface area contributed by atoms with Crippen LogP contribution in [0, 0.1) is 10.1 Å². The third-order valence-corrected chi connectivity index (χ3v) is 2.73. The Kier molecular flexibility index (Phi) is 3.44. The van der Waals surface area contributed by atoms with E-state index in [1.165, 1.54) is 12.1 Å². The summed E-state index contributed by atoms with van der Waals surface area (Å²) >= 11 is 5.78. The zero-order valence-corrected chi connectivity index (χ0v) is 10.1. The summed E-state index contributed by atoms with van der Waals surface area (Å²) in [5.74, 6) is 0.527. The standard InChI is InChI=1S/C10H12ClN3O3/c1-7-6-13(2-3-17-7)10-5-8(14(15)16)4-9(11)12-10/h4-5,7H,2-3,6H2,1H3. The fourth-order valence-electron chi connectivity index (χ4n) is 1.76. The number of hydrogen-bond donors (Lipinski definition) is 0. The van der Waals surface area contributed by atoms with Gasteiger partial charge >= 0.3 is 0 Å². The van der Waals surface area contributed by atoms with Gasteiger partial charge in [-0.25, -0.2) is 4.98 Å². The van der Waals surface area contributed by atoms with Gasteiger partial charge in [0.15, 0.2) is 0 Å². The third-order valence-electron chi connectivity index (χ3n) is 2.54. The van der Waals surface area contributed by atoms with Crippen molar-refractivity contribution in [3.05, 3.63) is 27.4 Å². The van der Waals surface area contributed by atoms with Gasteiger partial charge in [-0.3, -0.25) is 10.1 Å². The van der Waals surface area contributed by atoms with E-state index in [-0.39, 0.29) is 16.9 Å². The van der Waals surface area contributed by atoms with Crippen molar-refractivity contribution in [2.45, 2.75) is 13.0 Å². The van der Waals surface area contributed by atoms with Gasteiger partial charge in [0.25, 0.3) is 5.69 Å². The molecule has 1 saturated heterocycles. The van der Waals surface area contributed by atoms with Gasteiger partial charge in [-0.1, -0.05) is 11.6 Å². The van der Waals surface area contributed by atoms with Crippen LogP contribution >= 0.6 is 11.6 Å². The predicted molar refractivity (Wildman–Crippen MR) is 63.5 cm³/mol. The Bertz CT molecular complexity index is 441. The molecule has 0 spiro atoms. The van der Waals surface area contributed by atoms with E-state index in [9.17, 15) is 10.1 Å². The molecule has 0 bridgehead atoms. The summed E-state index contributed by atoms with van der Waals surface area (Å²) in [5, 5.41) is 10.9. The summed E-state index contributed by atoms with van der Waals surface area (Å²) in [6.45, 7) is 3.85. The fraction of sp³-hybridized carbons (Fsp3) is 0.500. The molecule has 1 aromatic rings. The van der Waals surface area contributed by atoms with E-state index in [4.69, 9.17) is 16.3 Å². The van der Waals surface area contributed by atoms with Gasteiger partial charge in [-0.05, 0) is 6.92 Å². The van der Waals surface area contributed by atoms with E-state index >= 15 is 0 Å². The topological polar surface area (TPSA) is 68.5 Å². The summed E-state index contributed by atoms with van der Waals surface area (Å²) in [5.41, 5.74) is -0.0425. The molecular weight excluding hydrogens is 246 g/mol. The average molecular weight is 258 g/mol. The molecule has 92 valence electrons. The highest BCUT2D eigenvalue weighted by Crippen LogP contribution is 2.24. The van der Waals surface area contributed by atoms with Crippen molar-refractivity contribution in [1.82, 2.24) is 4.98 Å². The molecule has 0 radical (unpaired) electrons. The van der Waals surface area contributed by atoms with Crippen molar-refractivity contribution in [3.8, 4) is 0 Å². The van der Waals surface area contributed by atoms with Crippen LogP contribution in [0.2, 0.25) is 5.15 Å². The smallest absolute Gasteiger partial charge is 0.276 e. The van der Waals surface area contributed by atoms with Gasteiger partial charge in [-0.15, -0.1) is 0 Å². The minimum atomic E-state index is -0.471. The molecule has 0 saturated carbocycles. The Hall–Kier alpha value is -1.40. The first-order valence-electron chi connectivity index (χ1n) is 5.25. The lowest BCUT2D eigenvalue weighted by Crippen LogP contribution is -2.41. The van der Waals surface area contributed by atoms with E-state index in [0.717, 1.165) is 0 Å². The molecule has 1 fully saturated rings. The maximum Gasteiger partial charge on any atom is 0.276 e. The molecule has 1 aromatic heterocycles. The number of nitro groups is 1. The van der Waals surface area contributed by atoms with Gasteiger partial charge in [0.05, 0.1) is 29.8 Å². The predicted octanol–water partition coefficient (Wildman–Crippen LogP) is 1.87. The maximum atomic E-state index is 10.7. The van der Waals surface area contributed by atoms with Crippen LogP contribution in [0.3, 0.4) is 0 Å². The minimum Gasteiger partial charge on any atom is -0.375 e. The molecular formula is C10H12ClN3O3. The quantitative estimate of drug-likeness (QED) is 0.460. The second kappa shape index (κ2) is 4.85. The summed E-state index contributed by atoms with van der Waals surface area (Å²) in [7, 11) is 0. The average Bonchev–Trinajstić information content (AvgIpc) is 2.28. The monoisotopic (exact) mass is 257 g/mol.